The number of hydrogen-bond acceptors (Lipinski definition) is 5. The Morgan fingerprint density at radius 2 is 2.04 bits per heavy atom. The zero-order valence-electron chi connectivity index (χ0n) is 13.5. The lowest BCUT2D eigenvalue weighted by atomic mass is 10.2. The number of nitrogens with zero attached hydrogens (tertiary/aromatic N) is 3. The van der Waals surface area contributed by atoms with Gasteiger partial charge in [0.1, 0.15) is 0 Å². The summed E-state index contributed by atoms with van der Waals surface area (Å²) in [5.41, 5.74) is 0. The van der Waals surface area contributed by atoms with E-state index in [-0.39, 0.29) is 11.7 Å². The van der Waals surface area contributed by atoms with Gasteiger partial charge in [-0.1, -0.05) is 6.08 Å². The molecule has 0 N–H and O–H groups in total. The Balaban J connectivity index is 1.45. The number of rotatable bonds is 6. The maximum atomic E-state index is 12.3. The van der Waals surface area contributed by atoms with E-state index in [4.69, 9.17) is 0 Å². The summed E-state index contributed by atoms with van der Waals surface area (Å²) in [6.07, 6.45) is 4.86. The van der Waals surface area contributed by atoms with Crippen LogP contribution < -0.4 is 4.90 Å². The fourth-order valence-electron chi connectivity index (χ4n) is 2.83. The number of ketones is 1. The Kier molecular flexibility index (Phi) is 5.25. The van der Waals surface area contributed by atoms with Crippen molar-refractivity contribution in [2.75, 3.05) is 50.7 Å². The SMILES string of the molecule is Cc1ccc(N2CCN(CC(=O)/C=C/CN3CCC3)CC2=O)s1. The highest BCUT2D eigenvalue weighted by Crippen LogP contribution is 2.26. The van der Waals surface area contributed by atoms with Crippen molar-refractivity contribution >= 4 is 28.0 Å². The van der Waals surface area contributed by atoms with Crippen LogP contribution in [-0.2, 0) is 9.59 Å². The molecule has 0 radical (unpaired) electrons. The van der Waals surface area contributed by atoms with Gasteiger partial charge < -0.3 is 4.90 Å². The van der Waals surface area contributed by atoms with Crippen molar-refractivity contribution in [3.05, 3.63) is 29.2 Å². The van der Waals surface area contributed by atoms with E-state index in [0.717, 1.165) is 31.2 Å². The molecule has 0 atom stereocenters. The largest absolute Gasteiger partial charge is 0.301 e. The third kappa shape index (κ3) is 4.28. The van der Waals surface area contributed by atoms with Crippen LogP contribution in [-0.4, -0.2) is 67.3 Å². The summed E-state index contributed by atoms with van der Waals surface area (Å²) in [7, 11) is 0. The summed E-state index contributed by atoms with van der Waals surface area (Å²) >= 11 is 1.64. The first-order valence-corrected chi connectivity index (χ1v) is 8.94. The fraction of sp³-hybridized carbons (Fsp3) is 0.529. The lowest BCUT2D eigenvalue weighted by molar-refractivity contribution is -0.122. The molecule has 1 aromatic rings. The fourth-order valence-corrected chi connectivity index (χ4v) is 3.73. The van der Waals surface area contributed by atoms with E-state index in [2.05, 4.69) is 4.90 Å². The Hall–Kier alpha value is -1.50. The highest BCUT2D eigenvalue weighted by atomic mass is 32.1. The van der Waals surface area contributed by atoms with Gasteiger partial charge in [-0.25, -0.2) is 0 Å². The van der Waals surface area contributed by atoms with Crippen LogP contribution >= 0.6 is 11.3 Å². The van der Waals surface area contributed by atoms with Gasteiger partial charge in [0.25, 0.3) is 0 Å². The predicted octanol–water partition coefficient (Wildman–Crippen LogP) is 1.54. The minimum absolute atomic E-state index is 0.0791. The minimum atomic E-state index is 0.0791. The number of likely N-dealkylation sites (tertiary alicyclic amines) is 1. The van der Waals surface area contributed by atoms with E-state index in [0.29, 0.717) is 19.6 Å². The number of hydrogen-bond donors (Lipinski definition) is 0. The summed E-state index contributed by atoms with van der Waals surface area (Å²) in [6, 6.07) is 4.03. The Morgan fingerprint density at radius 1 is 1.22 bits per heavy atom. The van der Waals surface area contributed by atoms with Crippen molar-refractivity contribution in [1.29, 1.82) is 0 Å². The van der Waals surface area contributed by atoms with E-state index in [1.807, 2.05) is 34.9 Å². The molecular formula is C17H23N3O2S. The second-order valence-electron chi connectivity index (χ2n) is 6.16. The van der Waals surface area contributed by atoms with Crippen LogP contribution in [0, 0.1) is 6.92 Å². The molecule has 2 fully saturated rings. The first kappa shape index (κ1) is 16.4. The lowest BCUT2D eigenvalue weighted by Crippen LogP contribution is -2.51. The maximum Gasteiger partial charge on any atom is 0.241 e. The average Bonchev–Trinajstić information content (AvgIpc) is 2.88. The van der Waals surface area contributed by atoms with E-state index >= 15 is 0 Å². The summed E-state index contributed by atoms with van der Waals surface area (Å²) < 4.78 is 0. The third-order valence-electron chi connectivity index (χ3n) is 4.29. The first-order chi connectivity index (χ1) is 11.1. The molecule has 3 heterocycles. The molecule has 0 unspecified atom stereocenters. The third-order valence-corrected chi connectivity index (χ3v) is 5.31. The molecular weight excluding hydrogens is 310 g/mol. The molecule has 2 aliphatic rings. The predicted molar refractivity (Wildman–Crippen MR) is 93.1 cm³/mol. The molecule has 1 amide bonds. The van der Waals surface area contributed by atoms with Gasteiger partial charge in [-0.3, -0.25) is 19.4 Å². The van der Waals surface area contributed by atoms with Crippen LogP contribution in [0.1, 0.15) is 11.3 Å². The molecule has 1 aromatic heterocycles. The summed E-state index contributed by atoms with van der Waals surface area (Å²) in [4.78, 5) is 31.6. The molecule has 0 aromatic carbocycles. The van der Waals surface area contributed by atoms with Crippen molar-refractivity contribution in [1.82, 2.24) is 9.80 Å². The normalized spacial score (nSPS) is 20.2. The molecule has 2 saturated heterocycles. The number of piperazine rings is 1. The van der Waals surface area contributed by atoms with E-state index in [1.54, 1.807) is 17.4 Å². The molecule has 6 heteroatoms. The summed E-state index contributed by atoms with van der Waals surface area (Å²) in [6.45, 7) is 7.23. The van der Waals surface area contributed by atoms with E-state index in [9.17, 15) is 9.59 Å². The highest BCUT2D eigenvalue weighted by Gasteiger charge is 2.26. The van der Waals surface area contributed by atoms with Gasteiger partial charge >= 0.3 is 0 Å². The topological polar surface area (TPSA) is 43.9 Å². The van der Waals surface area contributed by atoms with Crippen LogP contribution in [0.25, 0.3) is 0 Å². The van der Waals surface area contributed by atoms with Gasteiger partial charge in [0, 0.05) is 24.5 Å². The number of carbonyl (C=O) groups is 2. The van der Waals surface area contributed by atoms with Crippen LogP contribution in [0.15, 0.2) is 24.3 Å². The van der Waals surface area contributed by atoms with E-state index in [1.165, 1.54) is 11.3 Å². The first-order valence-electron chi connectivity index (χ1n) is 8.13. The standard InChI is InChI=1S/C17H23N3O2S/c1-14-5-6-17(23-14)20-11-10-19(13-16(20)22)12-15(21)4-2-7-18-8-3-9-18/h2,4-6H,3,7-13H2,1H3/b4-2+. The van der Waals surface area contributed by atoms with Gasteiger partial charge in [0.15, 0.2) is 5.78 Å². The van der Waals surface area contributed by atoms with Crippen LogP contribution in [0.5, 0.6) is 0 Å². The highest BCUT2D eigenvalue weighted by molar-refractivity contribution is 7.16. The minimum Gasteiger partial charge on any atom is -0.301 e. The van der Waals surface area contributed by atoms with Crippen molar-refractivity contribution < 1.29 is 9.59 Å². The van der Waals surface area contributed by atoms with Crippen molar-refractivity contribution in [2.45, 2.75) is 13.3 Å². The lowest BCUT2D eigenvalue weighted by Gasteiger charge is -2.32. The second kappa shape index (κ2) is 7.38. The number of thiophene rings is 1. The second-order valence-corrected chi connectivity index (χ2v) is 7.43. The quantitative estimate of drug-likeness (QED) is 0.741. The smallest absolute Gasteiger partial charge is 0.241 e. The zero-order chi connectivity index (χ0) is 16.2. The number of carbonyl (C=O) groups excluding carboxylic acids is 2. The van der Waals surface area contributed by atoms with Crippen LogP contribution in [0.4, 0.5) is 5.00 Å². The zero-order valence-corrected chi connectivity index (χ0v) is 14.3. The molecule has 124 valence electrons. The number of anilines is 1. The molecule has 0 spiro atoms. The Morgan fingerprint density at radius 3 is 2.65 bits per heavy atom. The maximum absolute atomic E-state index is 12.3. The molecule has 5 nitrogen and oxygen atoms in total. The van der Waals surface area contributed by atoms with Gasteiger partial charge in [-0.2, -0.15) is 0 Å². The number of amides is 1. The van der Waals surface area contributed by atoms with Crippen molar-refractivity contribution in [2.24, 2.45) is 0 Å². The van der Waals surface area contributed by atoms with Crippen molar-refractivity contribution in [3.63, 3.8) is 0 Å². The van der Waals surface area contributed by atoms with Crippen LogP contribution in [0.2, 0.25) is 0 Å². The van der Waals surface area contributed by atoms with Crippen molar-refractivity contribution in [3.8, 4) is 0 Å². The molecule has 23 heavy (non-hydrogen) atoms. The molecule has 2 aliphatic heterocycles. The van der Waals surface area contributed by atoms with E-state index < -0.39 is 0 Å². The van der Waals surface area contributed by atoms with Gasteiger partial charge in [-0.05, 0) is 44.6 Å². The summed E-state index contributed by atoms with van der Waals surface area (Å²) in [5.74, 6) is 0.161. The Bertz CT molecular complexity index is 607. The molecule has 0 saturated carbocycles. The van der Waals surface area contributed by atoms with Gasteiger partial charge in [0.2, 0.25) is 5.91 Å². The summed E-state index contributed by atoms with van der Waals surface area (Å²) in [5, 5.41) is 1.01. The number of aryl methyl sites for hydroxylation is 1. The monoisotopic (exact) mass is 333 g/mol. The van der Waals surface area contributed by atoms with Gasteiger partial charge in [0.05, 0.1) is 18.1 Å². The average molecular weight is 333 g/mol. The molecule has 0 aliphatic carbocycles. The molecule has 0 bridgehead atoms. The van der Waals surface area contributed by atoms with Gasteiger partial charge in [-0.15, -0.1) is 11.3 Å². The van der Waals surface area contributed by atoms with Crippen LogP contribution in [0.3, 0.4) is 0 Å². The molecule has 3 rings (SSSR count). The Labute approximate surface area is 141 Å².